The van der Waals surface area contributed by atoms with Crippen LogP contribution in [0.5, 0.6) is 0 Å². The Morgan fingerprint density at radius 3 is 2.12 bits per heavy atom. The van der Waals surface area contributed by atoms with Gasteiger partial charge in [0.15, 0.2) is 0 Å². The van der Waals surface area contributed by atoms with Crippen LogP contribution < -0.4 is 5.32 Å². The average Bonchev–Trinajstić information content (AvgIpc) is 2.53. The molecule has 0 saturated carbocycles. The molecule has 0 radical (unpaired) electrons. The first-order chi connectivity index (χ1) is 12.0. The van der Waals surface area contributed by atoms with Crippen molar-refractivity contribution in [1.29, 1.82) is 0 Å². The van der Waals surface area contributed by atoms with Crippen LogP contribution in [-0.2, 0) is 19.6 Å². The van der Waals surface area contributed by atoms with Crippen molar-refractivity contribution in [3.8, 4) is 0 Å². The van der Waals surface area contributed by atoms with Gasteiger partial charge in [-0.25, -0.2) is 8.42 Å². The van der Waals surface area contributed by atoms with Crippen molar-refractivity contribution in [2.45, 2.75) is 51.5 Å². The molecule has 7 nitrogen and oxygen atoms in total. The third-order valence-electron chi connectivity index (χ3n) is 4.76. The maximum Gasteiger partial charge on any atom is 0.325 e. The molecular weight excluding hydrogens is 356 g/mol. The summed E-state index contributed by atoms with van der Waals surface area (Å²) in [6.45, 7) is 7.41. The van der Waals surface area contributed by atoms with Gasteiger partial charge in [0.25, 0.3) is 0 Å². The van der Waals surface area contributed by atoms with Gasteiger partial charge < -0.3 is 10.4 Å². The Morgan fingerprint density at radius 2 is 1.65 bits per heavy atom. The van der Waals surface area contributed by atoms with E-state index in [2.05, 4.69) is 5.32 Å². The monoisotopic (exact) mass is 382 g/mol. The van der Waals surface area contributed by atoms with Crippen molar-refractivity contribution in [2.24, 2.45) is 5.92 Å². The van der Waals surface area contributed by atoms with E-state index in [4.69, 9.17) is 5.11 Å². The largest absolute Gasteiger partial charge is 0.480 e. The Labute approximate surface area is 154 Å². The summed E-state index contributed by atoms with van der Waals surface area (Å²) >= 11 is 0. The molecule has 144 valence electrons. The van der Waals surface area contributed by atoms with Crippen molar-refractivity contribution in [1.82, 2.24) is 9.62 Å². The summed E-state index contributed by atoms with van der Waals surface area (Å²) in [4.78, 5) is 23.3. The predicted octanol–water partition coefficient (Wildman–Crippen LogP) is 1.60. The molecule has 0 bridgehead atoms. The van der Waals surface area contributed by atoms with E-state index in [-0.39, 0.29) is 24.9 Å². The third-order valence-corrected chi connectivity index (χ3v) is 6.96. The maximum absolute atomic E-state index is 13.0. The second-order valence-corrected chi connectivity index (χ2v) is 8.85. The fourth-order valence-corrected chi connectivity index (χ4v) is 5.34. The highest BCUT2D eigenvalue weighted by molar-refractivity contribution is 7.89. The standard InChI is InChI=1S/C18H26N2O5S/c1-11-9-12(2)16(13(3)10-11)26(24,25)20-7-5-15(6-8-20)17(21)19-14(4)18(22)23/h9-10,14-15H,5-8H2,1-4H3,(H,19,21)(H,22,23). The van der Waals surface area contributed by atoms with Crippen LogP contribution in [-0.4, -0.2) is 48.8 Å². The average molecular weight is 382 g/mol. The number of hydrogen-bond donors (Lipinski definition) is 2. The van der Waals surface area contributed by atoms with Crippen LogP contribution in [0.4, 0.5) is 0 Å². The Morgan fingerprint density at radius 1 is 1.15 bits per heavy atom. The van der Waals surface area contributed by atoms with E-state index in [1.807, 2.05) is 19.1 Å². The molecule has 26 heavy (non-hydrogen) atoms. The van der Waals surface area contributed by atoms with Crippen LogP contribution in [0.1, 0.15) is 36.5 Å². The number of aliphatic carboxylic acids is 1. The van der Waals surface area contributed by atoms with Gasteiger partial charge >= 0.3 is 5.97 Å². The first-order valence-corrected chi connectivity index (χ1v) is 10.1. The van der Waals surface area contributed by atoms with Crippen LogP contribution in [0.25, 0.3) is 0 Å². The number of carbonyl (C=O) groups is 2. The molecule has 1 unspecified atom stereocenters. The molecule has 1 aromatic rings. The van der Waals surface area contributed by atoms with Gasteiger partial charge in [-0.2, -0.15) is 4.31 Å². The smallest absolute Gasteiger partial charge is 0.325 e. The van der Waals surface area contributed by atoms with Gasteiger partial charge in [-0.1, -0.05) is 17.7 Å². The zero-order chi connectivity index (χ0) is 19.6. The summed E-state index contributed by atoms with van der Waals surface area (Å²) in [5.74, 6) is -1.80. The van der Waals surface area contributed by atoms with E-state index >= 15 is 0 Å². The Hall–Kier alpha value is -1.93. The van der Waals surface area contributed by atoms with Crippen molar-refractivity contribution >= 4 is 21.9 Å². The molecule has 2 N–H and O–H groups in total. The van der Waals surface area contributed by atoms with E-state index in [1.54, 1.807) is 13.8 Å². The van der Waals surface area contributed by atoms with Crippen LogP contribution in [0, 0.1) is 26.7 Å². The number of sulfonamides is 1. The summed E-state index contributed by atoms with van der Waals surface area (Å²) in [6, 6.07) is 2.75. The van der Waals surface area contributed by atoms with Gasteiger partial charge in [0.05, 0.1) is 4.90 Å². The minimum Gasteiger partial charge on any atom is -0.480 e. The highest BCUT2D eigenvalue weighted by Crippen LogP contribution is 2.28. The summed E-state index contributed by atoms with van der Waals surface area (Å²) in [5.41, 5.74) is 2.46. The van der Waals surface area contributed by atoms with Gasteiger partial charge in [0.1, 0.15) is 6.04 Å². The number of piperidine rings is 1. The lowest BCUT2D eigenvalue weighted by atomic mass is 9.97. The molecule has 1 atom stereocenters. The molecule has 1 saturated heterocycles. The number of carboxylic acid groups (broad SMARTS) is 1. The van der Waals surface area contributed by atoms with Gasteiger partial charge in [0, 0.05) is 19.0 Å². The fraction of sp³-hybridized carbons (Fsp3) is 0.556. The van der Waals surface area contributed by atoms with Crippen LogP contribution in [0.15, 0.2) is 17.0 Å². The SMILES string of the molecule is Cc1cc(C)c(S(=O)(=O)N2CCC(C(=O)NC(C)C(=O)O)CC2)c(C)c1. The lowest BCUT2D eigenvalue weighted by molar-refractivity contribution is -0.142. The first kappa shape index (κ1) is 20.4. The summed E-state index contributed by atoms with van der Waals surface area (Å²) in [7, 11) is -3.62. The number of hydrogen-bond acceptors (Lipinski definition) is 4. The van der Waals surface area contributed by atoms with Crippen LogP contribution >= 0.6 is 0 Å². The molecule has 1 aliphatic heterocycles. The van der Waals surface area contributed by atoms with Crippen LogP contribution in [0.3, 0.4) is 0 Å². The van der Waals surface area contributed by atoms with E-state index < -0.39 is 22.0 Å². The molecule has 1 aromatic carbocycles. The van der Waals surface area contributed by atoms with Gasteiger partial charge in [0.2, 0.25) is 15.9 Å². The Bertz CT molecular complexity index is 788. The van der Waals surface area contributed by atoms with Crippen molar-refractivity contribution in [2.75, 3.05) is 13.1 Å². The molecule has 8 heteroatoms. The number of nitrogens with one attached hydrogen (secondary N) is 1. The molecule has 0 aliphatic carbocycles. The minimum atomic E-state index is -3.62. The van der Waals surface area contributed by atoms with Crippen molar-refractivity contribution in [3.63, 3.8) is 0 Å². The Kier molecular flexibility index (Phi) is 6.08. The van der Waals surface area contributed by atoms with Gasteiger partial charge in [-0.05, 0) is 51.7 Å². The van der Waals surface area contributed by atoms with Crippen molar-refractivity contribution in [3.05, 3.63) is 28.8 Å². The summed E-state index contributed by atoms with van der Waals surface area (Å²) in [6.07, 6.45) is 0.753. The van der Waals surface area contributed by atoms with Gasteiger partial charge in [-0.3, -0.25) is 9.59 Å². The number of aryl methyl sites for hydroxylation is 3. The molecule has 1 fully saturated rings. The number of nitrogens with zero attached hydrogens (tertiary/aromatic N) is 1. The molecular formula is C18H26N2O5S. The van der Waals surface area contributed by atoms with E-state index in [0.717, 1.165) is 16.7 Å². The van der Waals surface area contributed by atoms with Gasteiger partial charge in [-0.15, -0.1) is 0 Å². The number of carboxylic acids is 1. The Balaban J connectivity index is 2.10. The zero-order valence-corrected chi connectivity index (χ0v) is 16.4. The zero-order valence-electron chi connectivity index (χ0n) is 15.6. The van der Waals surface area contributed by atoms with E-state index in [9.17, 15) is 18.0 Å². The summed E-state index contributed by atoms with van der Waals surface area (Å²) in [5, 5.41) is 11.3. The van der Waals surface area contributed by atoms with Crippen LogP contribution in [0.2, 0.25) is 0 Å². The molecule has 0 spiro atoms. The normalized spacial score (nSPS) is 17.7. The number of amides is 1. The lowest BCUT2D eigenvalue weighted by Crippen LogP contribution is -2.46. The second-order valence-electron chi connectivity index (χ2n) is 6.97. The van der Waals surface area contributed by atoms with E-state index in [1.165, 1.54) is 11.2 Å². The highest BCUT2D eigenvalue weighted by atomic mass is 32.2. The molecule has 0 aromatic heterocycles. The topological polar surface area (TPSA) is 104 Å². The first-order valence-electron chi connectivity index (χ1n) is 8.65. The third kappa shape index (κ3) is 4.24. The number of carbonyl (C=O) groups excluding carboxylic acids is 1. The number of benzene rings is 1. The number of rotatable bonds is 5. The molecule has 1 amide bonds. The molecule has 1 heterocycles. The second kappa shape index (κ2) is 7.75. The highest BCUT2D eigenvalue weighted by Gasteiger charge is 2.34. The minimum absolute atomic E-state index is 0.245. The fourth-order valence-electron chi connectivity index (χ4n) is 3.45. The molecule has 1 aliphatic rings. The quantitative estimate of drug-likeness (QED) is 0.805. The lowest BCUT2D eigenvalue weighted by Gasteiger charge is -2.31. The molecule has 2 rings (SSSR count). The predicted molar refractivity (Wildman–Crippen MR) is 97.4 cm³/mol. The summed E-state index contributed by atoms with van der Waals surface area (Å²) < 4.78 is 27.5. The maximum atomic E-state index is 13.0. The van der Waals surface area contributed by atoms with Crippen molar-refractivity contribution < 1.29 is 23.1 Å². The van der Waals surface area contributed by atoms with E-state index in [0.29, 0.717) is 17.7 Å².